The molecule has 0 radical (unpaired) electrons. The van der Waals surface area contributed by atoms with Gasteiger partial charge in [-0.1, -0.05) is 43.3 Å². The second-order valence-electron chi connectivity index (χ2n) is 7.71. The molecule has 2 atom stereocenters. The van der Waals surface area contributed by atoms with E-state index in [1.807, 2.05) is 24.5 Å². The van der Waals surface area contributed by atoms with E-state index in [0.717, 1.165) is 60.2 Å². The van der Waals surface area contributed by atoms with Crippen LogP contribution in [0.3, 0.4) is 0 Å². The summed E-state index contributed by atoms with van der Waals surface area (Å²) in [5, 5.41) is 3.45. The topological polar surface area (TPSA) is 41.3 Å². The predicted octanol–water partition coefficient (Wildman–Crippen LogP) is 3.29. The average molecular weight is 394 g/mol. The van der Waals surface area contributed by atoms with Crippen LogP contribution in [0.15, 0.2) is 65.9 Å². The maximum Gasteiger partial charge on any atom is 0.203 e. The van der Waals surface area contributed by atoms with Gasteiger partial charge in [-0.25, -0.2) is 4.90 Å². The predicted molar refractivity (Wildman–Crippen MR) is 120 cm³/mol. The fraction of sp³-hybridized carbons (Fsp3) is 0.375. The summed E-state index contributed by atoms with van der Waals surface area (Å²) in [5.41, 5.74) is 3.32. The molecule has 2 aromatic rings. The SMILES string of the molecule is C=C(NCCc1ccccc1)[NH+]1C=Nc2c(OC(CC)CCN(C)C)cccc21. The van der Waals surface area contributed by atoms with Gasteiger partial charge in [0.15, 0.2) is 17.1 Å². The maximum atomic E-state index is 6.32. The van der Waals surface area contributed by atoms with Crippen LogP contribution in [0.1, 0.15) is 25.3 Å². The lowest BCUT2D eigenvalue weighted by Gasteiger charge is -2.20. The Balaban J connectivity index is 1.61. The molecule has 5 heteroatoms. The largest absolute Gasteiger partial charge is 0.488 e. The van der Waals surface area contributed by atoms with Gasteiger partial charge in [0.05, 0.1) is 6.10 Å². The fourth-order valence-electron chi connectivity index (χ4n) is 3.43. The Labute approximate surface area is 174 Å². The van der Waals surface area contributed by atoms with E-state index in [-0.39, 0.29) is 6.10 Å². The van der Waals surface area contributed by atoms with Crippen molar-refractivity contribution < 1.29 is 9.64 Å². The Bertz CT molecular complexity index is 832. The van der Waals surface area contributed by atoms with Crippen LogP contribution in [0.5, 0.6) is 5.75 Å². The lowest BCUT2D eigenvalue weighted by molar-refractivity contribution is -0.676. The third kappa shape index (κ3) is 5.68. The Morgan fingerprint density at radius 1 is 1.17 bits per heavy atom. The van der Waals surface area contributed by atoms with E-state index in [1.54, 1.807) is 0 Å². The molecule has 0 saturated carbocycles. The molecule has 154 valence electrons. The van der Waals surface area contributed by atoms with E-state index >= 15 is 0 Å². The molecule has 0 fully saturated rings. The number of quaternary nitrogens is 1. The van der Waals surface area contributed by atoms with E-state index in [4.69, 9.17) is 4.74 Å². The fourth-order valence-corrected chi connectivity index (χ4v) is 3.43. The van der Waals surface area contributed by atoms with E-state index in [0.29, 0.717) is 0 Å². The van der Waals surface area contributed by atoms with Crippen LogP contribution in [0.2, 0.25) is 0 Å². The highest BCUT2D eigenvalue weighted by atomic mass is 16.5. The van der Waals surface area contributed by atoms with Crippen LogP contribution in [0.4, 0.5) is 11.4 Å². The number of nitrogens with one attached hydrogen (secondary N) is 2. The van der Waals surface area contributed by atoms with Crippen molar-refractivity contribution in [3.8, 4) is 5.75 Å². The second kappa shape index (κ2) is 10.2. The van der Waals surface area contributed by atoms with Crippen LogP contribution in [-0.2, 0) is 6.42 Å². The van der Waals surface area contributed by atoms with Gasteiger partial charge in [0.25, 0.3) is 0 Å². The lowest BCUT2D eigenvalue weighted by atomic mass is 10.1. The van der Waals surface area contributed by atoms with Crippen molar-refractivity contribution in [2.45, 2.75) is 32.3 Å². The highest BCUT2D eigenvalue weighted by Gasteiger charge is 2.28. The normalized spacial score (nSPS) is 15.9. The molecular formula is C24H33N4O+. The molecule has 2 aromatic carbocycles. The van der Waals surface area contributed by atoms with E-state index in [2.05, 4.69) is 73.1 Å². The third-order valence-electron chi connectivity index (χ3n) is 5.18. The average Bonchev–Trinajstić information content (AvgIpc) is 3.17. The number of para-hydroxylation sites is 1. The highest BCUT2D eigenvalue weighted by Crippen LogP contribution is 2.36. The number of hydrogen-bond donors (Lipinski definition) is 2. The first-order valence-corrected chi connectivity index (χ1v) is 10.4. The Kier molecular flexibility index (Phi) is 7.44. The number of benzene rings is 2. The van der Waals surface area contributed by atoms with Gasteiger partial charge in [-0.15, -0.1) is 0 Å². The van der Waals surface area contributed by atoms with E-state index in [1.165, 1.54) is 5.56 Å². The van der Waals surface area contributed by atoms with Gasteiger partial charge < -0.3 is 15.0 Å². The first kappa shape index (κ1) is 21.1. The van der Waals surface area contributed by atoms with Gasteiger partial charge in [0, 0.05) is 19.2 Å². The number of aliphatic imine (C=N–C) groups is 1. The third-order valence-corrected chi connectivity index (χ3v) is 5.18. The first-order chi connectivity index (χ1) is 14.1. The number of nitrogens with zero attached hydrogens (tertiary/aromatic N) is 2. The molecule has 2 N–H and O–H groups in total. The van der Waals surface area contributed by atoms with Crippen molar-refractivity contribution in [2.75, 3.05) is 27.2 Å². The number of hydrogen-bond acceptors (Lipinski definition) is 4. The van der Waals surface area contributed by atoms with Crippen LogP contribution < -0.4 is 15.0 Å². The molecular weight excluding hydrogens is 360 g/mol. The molecule has 29 heavy (non-hydrogen) atoms. The molecule has 1 aliphatic rings. The number of rotatable bonds is 11. The Hall–Kier alpha value is -2.63. The summed E-state index contributed by atoms with van der Waals surface area (Å²) in [6, 6.07) is 16.6. The van der Waals surface area contributed by atoms with Crippen molar-refractivity contribution in [3.63, 3.8) is 0 Å². The summed E-state index contributed by atoms with van der Waals surface area (Å²) in [4.78, 5) is 7.88. The zero-order valence-electron chi connectivity index (χ0n) is 17.8. The minimum absolute atomic E-state index is 0.190. The number of ether oxygens (including phenoxy) is 1. The molecule has 0 saturated heterocycles. The standard InChI is InChI=1S/C24H32N4O/c1-5-21(15-17-27(3)4)29-23-13-9-12-22-24(23)26-18-28(22)19(2)25-16-14-20-10-7-6-8-11-20/h6-13,18,21,25H,2,5,14-17H2,1,3-4H3/p+1. The van der Waals surface area contributed by atoms with Crippen LogP contribution in [0.25, 0.3) is 0 Å². The molecule has 5 nitrogen and oxygen atoms in total. The monoisotopic (exact) mass is 393 g/mol. The zero-order valence-corrected chi connectivity index (χ0v) is 17.8. The van der Waals surface area contributed by atoms with E-state index < -0.39 is 0 Å². The molecule has 2 unspecified atom stereocenters. The summed E-state index contributed by atoms with van der Waals surface area (Å²) < 4.78 is 6.32. The Morgan fingerprint density at radius 2 is 1.97 bits per heavy atom. The lowest BCUT2D eigenvalue weighted by Crippen LogP contribution is -3.04. The van der Waals surface area contributed by atoms with Crippen LogP contribution in [0, 0.1) is 0 Å². The molecule has 0 amide bonds. The van der Waals surface area contributed by atoms with Gasteiger partial charge in [-0.3, -0.25) is 0 Å². The smallest absolute Gasteiger partial charge is 0.203 e. The summed E-state index contributed by atoms with van der Waals surface area (Å²) in [6.07, 6.45) is 5.03. The van der Waals surface area contributed by atoms with Crippen molar-refractivity contribution >= 4 is 17.7 Å². The quantitative estimate of drug-likeness (QED) is 0.616. The molecule has 1 aliphatic heterocycles. The Morgan fingerprint density at radius 3 is 2.69 bits per heavy atom. The molecule has 0 bridgehead atoms. The minimum Gasteiger partial charge on any atom is -0.488 e. The summed E-state index contributed by atoms with van der Waals surface area (Å²) in [6.45, 7) is 8.26. The first-order valence-electron chi connectivity index (χ1n) is 10.4. The van der Waals surface area contributed by atoms with Gasteiger partial charge in [0.2, 0.25) is 12.2 Å². The zero-order chi connectivity index (χ0) is 20.6. The molecule has 3 rings (SSSR count). The van der Waals surface area contributed by atoms with Crippen molar-refractivity contribution in [1.29, 1.82) is 0 Å². The van der Waals surface area contributed by atoms with Crippen molar-refractivity contribution in [2.24, 2.45) is 4.99 Å². The van der Waals surface area contributed by atoms with E-state index in [9.17, 15) is 0 Å². The van der Waals surface area contributed by atoms with Gasteiger partial charge >= 0.3 is 0 Å². The van der Waals surface area contributed by atoms with Crippen molar-refractivity contribution in [3.05, 3.63) is 66.5 Å². The van der Waals surface area contributed by atoms with Gasteiger partial charge in [-0.2, -0.15) is 4.99 Å². The minimum atomic E-state index is 0.190. The molecule has 0 spiro atoms. The number of fused-ring (bicyclic) bond motifs is 1. The highest BCUT2D eigenvalue weighted by molar-refractivity contribution is 5.77. The summed E-state index contributed by atoms with van der Waals surface area (Å²) in [7, 11) is 4.18. The van der Waals surface area contributed by atoms with Crippen LogP contribution >= 0.6 is 0 Å². The molecule has 0 aromatic heterocycles. The maximum absolute atomic E-state index is 6.32. The summed E-state index contributed by atoms with van der Waals surface area (Å²) >= 11 is 0. The van der Waals surface area contributed by atoms with Gasteiger partial charge in [-0.05, 0) is 51.6 Å². The molecule has 0 aliphatic carbocycles. The molecule has 1 heterocycles. The van der Waals surface area contributed by atoms with Crippen LogP contribution in [-0.4, -0.2) is 44.5 Å². The van der Waals surface area contributed by atoms with Gasteiger partial charge in [0.1, 0.15) is 0 Å². The van der Waals surface area contributed by atoms with Crippen molar-refractivity contribution in [1.82, 2.24) is 10.2 Å². The summed E-state index contributed by atoms with van der Waals surface area (Å²) in [5.74, 6) is 1.76. The second-order valence-corrected chi connectivity index (χ2v) is 7.71.